The first-order valence-corrected chi connectivity index (χ1v) is 6.12. The van der Waals surface area contributed by atoms with Gasteiger partial charge >= 0.3 is 0 Å². The molecule has 5 heteroatoms. The molecule has 1 aromatic heterocycles. The molecule has 0 bridgehead atoms. The van der Waals surface area contributed by atoms with Gasteiger partial charge in [-0.3, -0.25) is 0 Å². The molecular weight excluding hydrogens is 216 g/mol. The third-order valence-electron chi connectivity index (χ3n) is 2.31. The number of nitrogens with zero attached hydrogens (tertiary/aromatic N) is 2. The van der Waals surface area contributed by atoms with Gasteiger partial charge in [-0.25, -0.2) is 9.97 Å². The number of aliphatic hydroxyl groups excluding tert-OH is 1. The van der Waals surface area contributed by atoms with Gasteiger partial charge in [0.15, 0.2) is 0 Å². The largest absolute Gasteiger partial charge is 0.393 e. The normalized spacial score (nSPS) is 14.1. The van der Waals surface area contributed by atoms with Crippen LogP contribution < -0.4 is 10.6 Å². The Morgan fingerprint density at radius 3 is 2.65 bits per heavy atom. The second kappa shape index (κ2) is 7.06. The first-order chi connectivity index (χ1) is 8.11. The highest BCUT2D eigenvalue weighted by atomic mass is 16.3. The van der Waals surface area contributed by atoms with E-state index in [1.54, 1.807) is 6.92 Å². The lowest BCUT2D eigenvalue weighted by molar-refractivity contribution is 0.179. The molecule has 3 N–H and O–H groups in total. The molecule has 0 saturated carbocycles. The van der Waals surface area contributed by atoms with Crippen LogP contribution in [0.2, 0.25) is 0 Å². The predicted octanol–water partition coefficient (Wildman–Crippen LogP) is 1.87. The van der Waals surface area contributed by atoms with Crippen LogP contribution in [0.15, 0.2) is 12.4 Å². The molecule has 0 saturated heterocycles. The lowest BCUT2D eigenvalue weighted by atomic mass is 10.1. The zero-order chi connectivity index (χ0) is 12.7. The molecule has 0 spiro atoms. The summed E-state index contributed by atoms with van der Waals surface area (Å²) in [6.45, 7) is 6.82. The number of rotatable bonds is 7. The number of aromatic nitrogens is 2. The number of aliphatic hydroxyl groups is 1. The van der Waals surface area contributed by atoms with Gasteiger partial charge in [0, 0.05) is 18.7 Å². The average molecular weight is 238 g/mol. The molecule has 0 amide bonds. The van der Waals surface area contributed by atoms with Crippen molar-refractivity contribution in [2.45, 2.75) is 45.8 Å². The zero-order valence-corrected chi connectivity index (χ0v) is 10.8. The Balaban J connectivity index is 2.52. The first kappa shape index (κ1) is 13.7. The topological polar surface area (TPSA) is 70.1 Å². The smallest absolute Gasteiger partial charge is 0.131 e. The summed E-state index contributed by atoms with van der Waals surface area (Å²) < 4.78 is 0. The van der Waals surface area contributed by atoms with Gasteiger partial charge in [0.05, 0.1) is 6.10 Å². The minimum absolute atomic E-state index is 0.184. The second-order valence-electron chi connectivity index (χ2n) is 4.35. The minimum Gasteiger partial charge on any atom is -0.393 e. The highest BCUT2D eigenvalue weighted by Gasteiger charge is 2.07. The van der Waals surface area contributed by atoms with Gasteiger partial charge < -0.3 is 15.7 Å². The average Bonchev–Trinajstić information content (AvgIpc) is 2.25. The third kappa shape index (κ3) is 5.49. The van der Waals surface area contributed by atoms with Crippen LogP contribution in [0.5, 0.6) is 0 Å². The summed E-state index contributed by atoms with van der Waals surface area (Å²) >= 11 is 0. The van der Waals surface area contributed by atoms with Gasteiger partial charge in [-0.05, 0) is 26.7 Å². The molecule has 0 aromatic carbocycles. The summed E-state index contributed by atoms with van der Waals surface area (Å²) in [5, 5.41) is 15.7. The maximum atomic E-state index is 9.29. The zero-order valence-electron chi connectivity index (χ0n) is 10.8. The molecule has 5 nitrogen and oxygen atoms in total. The van der Waals surface area contributed by atoms with E-state index in [-0.39, 0.29) is 12.1 Å². The maximum Gasteiger partial charge on any atom is 0.131 e. The number of anilines is 2. The Morgan fingerprint density at radius 1 is 1.29 bits per heavy atom. The van der Waals surface area contributed by atoms with Crippen LogP contribution >= 0.6 is 0 Å². The Hall–Kier alpha value is -1.36. The van der Waals surface area contributed by atoms with E-state index in [9.17, 15) is 5.11 Å². The van der Waals surface area contributed by atoms with Gasteiger partial charge in [0.1, 0.15) is 18.0 Å². The van der Waals surface area contributed by atoms with Crippen molar-refractivity contribution in [3.8, 4) is 0 Å². The number of nitrogens with one attached hydrogen (secondary N) is 2. The highest BCUT2D eigenvalue weighted by molar-refractivity contribution is 5.46. The van der Waals surface area contributed by atoms with Crippen molar-refractivity contribution in [3.63, 3.8) is 0 Å². The summed E-state index contributed by atoms with van der Waals surface area (Å²) in [6, 6.07) is 2.07. The molecule has 17 heavy (non-hydrogen) atoms. The Labute approximate surface area is 103 Å². The summed E-state index contributed by atoms with van der Waals surface area (Å²) in [4.78, 5) is 8.28. The second-order valence-corrected chi connectivity index (χ2v) is 4.35. The summed E-state index contributed by atoms with van der Waals surface area (Å²) in [5.41, 5.74) is 0. The molecule has 2 atom stereocenters. The van der Waals surface area contributed by atoms with E-state index in [0.29, 0.717) is 6.42 Å². The summed E-state index contributed by atoms with van der Waals surface area (Å²) in [7, 11) is 0. The Morgan fingerprint density at radius 2 is 2.00 bits per heavy atom. The van der Waals surface area contributed by atoms with Crippen molar-refractivity contribution in [1.29, 1.82) is 0 Å². The van der Waals surface area contributed by atoms with E-state index in [1.165, 1.54) is 6.33 Å². The van der Waals surface area contributed by atoms with Crippen molar-refractivity contribution >= 4 is 11.6 Å². The monoisotopic (exact) mass is 238 g/mol. The molecule has 0 radical (unpaired) electrons. The molecule has 1 heterocycles. The molecular formula is C12H22N4O. The lowest BCUT2D eigenvalue weighted by Crippen LogP contribution is -2.21. The lowest BCUT2D eigenvalue weighted by Gasteiger charge is -2.16. The van der Waals surface area contributed by atoms with Crippen LogP contribution in [0.4, 0.5) is 11.6 Å². The van der Waals surface area contributed by atoms with Crippen LogP contribution in [0.25, 0.3) is 0 Å². The SMILES string of the molecule is CCCNc1cc(NC(C)CC(C)O)ncn1. The van der Waals surface area contributed by atoms with Crippen molar-refractivity contribution < 1.29 is 5.11 Å². The summed E-state index contributed by atoms with van der Waals surface area (Å²) in [5.74, 6) is 1.61. The fraction of sp³-hybridized carbons (Fsp3) is 0.667. The Kier molecular flexibility index (Phi) is 5.69. The van der Waals surface area contributed by atoms with E-state index >= 15 is 0 Å². The minimum atomic E-state index is -0.308. The number of hydrogen-bond acceptors (Lipinski definition) is 5. The fourth-order valence-corrected chi connectivity index (χ4v) is 1.61. The van der Waals surface area contributed by atoms with Crippen LogP contribution in [0, 0.1) is 0 Å². The molecule has 1 rings (SSSR count). The van der Waals surface area contributed by atoms with Crippen molar-refractivity contribution in [2.75, 3.05) is 17.2 Å². The predicted molar refractivity (Wildman–Crippen MR) is 70.2 cm³/mol. The fourth-order valence-electron chi connectivity index (χ4n) is 1.61. The molecule has 0 aliphatic rings. The molecule has 1 aromatic rings. The van der Waals surface area contributed by atoms with Gasteiger partial charge in [0.2, 0.25) is 0 Å². The number of hydrogen-bond donors (Lipinski definition) is 3. The maximum absolute atomic E-state index is 9.29. The van der Waals surface area contributed by atoms with Gasteiger partial charge in [-0.15, -0.1) is 0 Å². The quantitative estimate of drug-likeness (QED) is 0.676. The van der Waals surface area contributed by atoms with Gasteiger partial charge in [-0.1, -0.05) is 6.92 Å². The first-order valence-electron chi connectivity index (χ1n) is 6.12. The van der Waals surface area contributed by atoms with Crippen LogP contribution in [0.1, 0.15) is 33.6 Å². The Bertz CT molecular complexity index is 330. The van der Waals surface area contributed by atoms with Crippen molar-refractivity contribution in [3.05, 3.63) is 12.4 Å². The van der Waals surface area contributed by atoms with Gasteiger partial charge in [0.25, 0.3) is 0 Å². The van der Waals surface area contributed by atoms with Gasteiger partial charge in [-0.2, -0.15) is 0 Å². The van der Waals surface area contributed by atoms with E-state index in [0.717, 1.165) is 24.6 Å². The highest BCUT2D eigenvalue weighted by Crippen LogP contribution is 2.11. The standard InChI is InChI=1S/C12H22N4O/c1-4-5-13-11-7-12(15-8-14-11)16-9(2)6-10(3)17/h7-10,17H,4-6H2,1-3H3,(H2,13,14,15,16). The summed E-state index contributed by atoms with van der Waals surface area (Å²) in [6.07, 6.45) is 2.99. The van der Waals surface area contributed by atoms with E-state index in [2.05, 4.69) is 27.5 Å². The molecule has 0 fully saturated rings. The van der Waals surface area contributed by atoms with Crippen LogP contribution in [-0.2, 0) is 0 Å². The van der Waals surface area contributed by atoms with E-state index in [1.807, 2.05) is 13.0 Å². The van der Waals surface area contributed by atoms with Crippen molar-refractivity contribution in [2.24, 2.45) is 0 Å². The van der Waals surface area contributed by atoms with Crippen LogP contribution in [0.3, 0.4) is 0 Å². The van der Waals surface area contributed by atoms with E-state index in [4.69, 9.17) is 0 Å². The molecule has 0 aliphatic heterocycles. The van der Waals surface area contributed by atoms with Crippen LogP contribution in [-0.4, -0.2) is 33.8 Å². The van der Waals surface area contributed by atoms with E-state index < -0.39 is 0 Å². The molecule has 0 aliphatic carbocycles. The third-order valence-corrected chi connectivity index (χ3v) is 2.31. The molecule has 2 unspecified atom stereocenters. The molecule has 96 valence electrons. The van der Waals surface area contributed by atoms with Crippen molar-refractivity contribution in [1.82, 2.24) is 9.97 Å².